The zero-order valence-corrected chi connectivity index (χ0v) is 16.0. The van der Waals surface area contributed by atoms with Crippen LogP contribution in [-0.2, 0) is 4.79 Å². The number of benzene rings is 1. The lowest BCUT2D eigenvalue weighted by Crippen LogP contribution is -2.65. The van der Waals surface area contributed by atoms with E-state index in [9.17, 15) is 10.1 Å². The van der Waals surface area contributed by atoms with Crippen molar-refractivity contribution in [2.75, 3.05) is 4.90 Å². The zero-order valence-electron chi connectivity index (χ0n) is 15.1. The summed E-state index contributed by atoms with van der Waals surface area (Å²) in [4.78, 5) is 14.6. The first kappa shape index (κ1) is 17.9. The van der Waals surface area contributed by atoms with E-state index in [0.29, 0.717) is 10.9 Å². The van der Waals surface area contributed by atoms with Crippen LogP contribution in [-0.4, -0.2) is 11.6 Å². The Kier molecular flexibility index (Phi) is 4.83. The molecule has 1 aromatic carbocycles. The highest BCUT2D eigenvalue weighted by Crippen LogP contribution is 2.44. The maximum Gasteiger partial charge on any atom is 0.266 e. The van der Waals surface area contributed by atoms with E-state index in [4.69, 9.17) is 0 Å². The van der Waals surface area contributed by atoms with Crippen LogP contribution >= 0.6 is 12.6 Å². The van der Waals surface area contributed by atoms with Gasteiger partial charge in [0.05, 0.1) is 5.03 Å². The van der Waals surface area contributed by atoms with Gasteiger partial charge >= 0.3 is 0 Å². The van der Waals surface area contributed by atoms with Crippen molar-refractivity contribution < 1.29 is 4.79 Å². The highest BCUT2D eigenvalue weighted by atomic mass is 32.1. The highest BCUT2D eigenvalue weighted by Gasteiger charge is 2.47. The number of hydrogen-bond acceptors (Lipinski definition) is 4. The fourth-order valence-electron chi connectivity index (χ4n) is 4.16. The number of carbonyl (C=O) groups excluding carboxylic acids is 1. The number of thiol groups is 1. The van der Waals surface area contributed by atoms with Gasteiger partial charge < -0.3 is 10.2 Å². The van der Waals surface area contributed by atoms with Gasteiger partial charge in [0.25, 0.3) is 5.91 Å². The van der Waals surface area contributed by atoms with Gasteiger partial charge in [0, 0.05) is 5.69 Å². The van der Waals surface area contributed by atoms with Crippen molar-refractivity contribution in [3.63, 3.8) is 0 Å². The molecular formula is C20H25N3OS. The molecule has 3 rings (SSSR count). The third-order valence-corrected chi connectivity index (χ3v) is 6.08. The van der Waals surface area contributed by atoms with Gasteiger partial charge in [-0.2, -0.15) is 5.26 Å². The zero-order chi connectivity index (χ0) is 18.2. The van der Waals surface area contributed by atoms with Crippen molar-refractivity contribution in [3.05, 3.63) is 39.9 Å². The van der Waals surface area contributed by atoms with Gasteiger partial charge in [-0.1, -0.05) is 31.0 Å². The molecule has 1 aromatic rings. The first-order valence-corrected chi connectivity index (χ1v) is 9.40. The average Bonchev–Trinajstić information content (AvgIpc) is 2.57. The van der Waals surface area contributed by atoms with Crippen molar-refractivity contribution >= 4 is 24.2 Å². The van der Waals surface area contributed by atoms with Crippen LogP contribution in [0.15, 0.2) is 28.8 Å². The molecule has 0 radical (unpaired) electrons. The van der Waals surface area contributed by atoms with Crippen LogP contribution in [0.4, 0.5) is 5.69 Å². The third kappa shape index (κ3) is 3.04. The third-order valence-electron chi connectivity index (χ3n) is 5.65. The molecule has 25 heavy (non-hydrogen) atoms. The van der Waals surface area contributed by atoms with Crippen LogP contribution in [0.25, 0.3) is 0 Å². The molecule has 2 aliphatic rings. The van der Waals surface area contributed by atoms with E-state index in [1.54, 1.807) is 0 Å². The van der Waals surface area contributed by atoms with Crippen molar-refractivity contribution in [3.8, 4) is 6.07 Å². The minimum Gasteiger partial charge on any atom is -0.328 e. The SMILES string of the molecule is CCC1CCC2(CC1)NC(=O)C(C#N)=C(S)N2c1ccc(C)cc1C. The Morgan fingerprint density at radius 1 is 1.36 bits per heavy atom. The van der Waals surface area contributed by atoms with Gasteiger partial charge in [0.1, 0.15) is 17.3 Å². The summed E-state index contributed by atoms with van der Waals surface area (Å²) in [5, 5.41) is 13.1. The molecule has 1 saturated carbocycles. The minimum atomic E-state index is -0.486. The monoisotopic (exact) mass is 355 g/mol. The summed E-state index contributed by atoms with van der Waals surface area (Å²) in [5.74, 6) is 0.400. The number of amides is 1. The quantitative estimate of drug-likeness (QED) is 0.782. The maximum absolute atomic E-state index is 12.5. The fraction of sp³-hybridized carbons (Fsp3) is 0.500. The first-order valence-electron chi connectivity index (χ1n) is 8.95. The van der Waals surface area contributed by atoms with Crippen LogP contribution in [0.5, 0.6) is 0 Å². The molecule has 0 saturated heterocycles. The summed E-state index contributed by atoms with van der Waals surface area (Å²) in [6.07, 6.45) is 5.05. The predicted octanol–water partition coefficient (Wildman–Crippen LogP) is 4.20. The molecule has 5 heteroatoms. The van der Waals surface area contributed by atoms with E-state index in [0.717, 1.165) is 36.9 Å². The number of nitrogens with zero attached hydrogens (tertiary/aromatic N) is 2. The molecule has 1 spiro atoms. The van der Waals surface area contributed by atoms with Crippen LogP contribution in [0.3, 0.4) is 0 Å². The molecule has 0 unspecified atom stereocenters. The Labute approximate surface area is 155 Å². The Morgan fingerprint density at radius 2 is 2.04 bits per heavy atom. The average molecular weight is 356 g/mol. The number of anilines is 1. The van der Waals surface area contributed by atoms with Gasteiger partial charge in [0.2, 0.25) is 0 Å². The van der Waals surface area contributed by atoms with E-state index >= 15 is 0 Å². The van der Waals surface area contributed by atoms with Crippen molar-refractivity contribution in [2.24, 2.45) is 5.92 Å². The van der Waals surface area contributed by atoms with Crippen molar-refractivity contribution in [1.82, 2.24) is 5.32 Å². The van der Waals surface area contributed by atoms with E-state index < -0.39 is 5.66 Å². The molecule has 1 N–H and O–H groups in total. The molecule has 1 aliphatic carbocycles. The van der Waals surface area contributed by atoms with E-state index in [1.807, 2.05) is 6.07 Å². The number of carbonyl (C=O) groups is 1. The molecule has 1 amide bonds. The van der Waals surface area contributed by atoms with Crippen molar-refractivity contribution in [1.29, 1.82) is 5.26 Å². The summed E-state index contributed by atoms with van der Waals surface area (Å²) >= 11 is 4.63. The second-order valence-corrected chi connectivity index (χ2v) is 7.70. The van der Waals surface area contributed by atoms with Gasteiger partial charge in [-0.05, 0) is 57.1 Å². The highest BCUT2D eigenvalue weighted by molar-refractivity contribution is 7.84. The lowest BCUT2D eigenvalue weighted by atomic mass is 9.78. The number of nitrogens with one attached hydrogen (secondary N) is 1. The maximum atomic E-state index is 12.5. The van der Waals surface area contributed by atoms with Gasteiger partial charge in [-0.15, -0.1) is 12.6 Å². The molecule has 132 valence electrons. The minimum absolute atomic E-state index is 0.0894. The molecule has 0 atom stereocenters. The summed E-state index contributed by atoms with van der Waals surface area (Å²) in [6.45, 7) is 6.36. The summed E-state index contributed by atoms with van der Waals surface area (Å²) < 4.78 is 0. The predicted molar refractivity (Wildman–Crippen MR) is 103 cm³/mol. The van der Waals surface area contributed by atoms with E-state index in [2.05, 4.69) is 61.8 Å². The number of hydrogen-bond donors (Lipinski definition) is 2. The molecule has 1 aliphatic heterocycles. The smallest absolute Gasteiger partial charge is 0.266 e. The molecule has 0 aromatic heterocycles. The summed E-state index contributed by atoms with van der Waals surface area (Å²) in [6, 6.07) is 8.29. The van der Waals surface area contributed by atoms with Crippen LogP contribution in [0.2, 0.25) is 0 Å². The van der Waals surface area contributed by atoms with E-state index in [-0.39, 0.29) is 11.5 Å². The van der Waals surface area contributed by atoms with E-state index in [1.165, 1.54) is 12.0 Å². The van der Waals surface area contributed by atoms with Gasteiger partial charge in [-0.25, -0.2) is 0 Å². The Hall–Kier alpha value is -1.93. The van der Waals surface area contributed by atoms with Gasteiger partial charge in [0.15, 0.2) is 0 Å². The van der Waals surface area contributed by atoms with Crippen LogP contribution < -0.4 is 10.2 Å². The number of aryl methyl sites for hydroxylation is 2. The topological polar surface area (TPSA) is 56.1 Å². The molecule has 1 fully saturated rings. The van der Waals surface area contributed by atoms with Crippen LogP contribution in [0.1, 0.15) is 50.2 Å². The molecule has 0 bridgehead atoms. The van der Waals surface area contributed by atoms with Crippen molar-refractivity contribution in [2.45, 2.75) is 58.5 Å². The lowest BCUT2D eigenvalue weighted by molar-refractivity contribution is -0.120. The molecule has 4 nitrogen and oxygen atoms in total. The number of nitriles is 1. The normalized spacial score (nSPS) is 26.6. The summed E-state index contributed by atoms with van der Waals surface area (Å²) in [7, 11) is 0. The Morgan fingerprint density at radius 3 is 2.60 bits per heavy atom. The second kappa shape index (κ2) is 6.76. The lowest BCUT2D eigenvalue weighted by Gasteiger charge is -2.52. The number of rotatable bonds is 2. The van der Waals surface area contributed by atoms with Crippen LogP contribution in [0, 0.1) is 31.1 Å². The molecular weight excluding hydrogens is 330 g/mol. The first-order chi connectivity index (χ1) is 11.9. The Balaban J connectivity index is 2.12. The largest absolute Gasteiger partial charge is 0.328 e. The summed E-state index contributed by atoms with van der Waals surface area (Å²) in [5.41, 5.74) is 2.93. The second-order valence-electron chi connectivity index (χ2n) is 7.27. The fourth-order valence-corrected chi connectivity index (χ4v) is 4.61. The molecule has 1 heterocycles. The standard InChI is InChI=1S/C20H25N3OS/c1-4-15-7-9-20(10-8-15)22-18(24)16(12-21)19(25)23(20)17-6-5-13(2)11-14(17)3/h5-6,11,15,25H,4,7-10H2,1-3H3,(H,22,24). The Bertz CT molecular complexity index is 770. The van der Waals surface area contributed by atoms with Gasteiger partial charge in [-0.3, -0.25) is 4.79 Å².